The summed E-state index contributed by atoms with van der Waals surface area (Å²) < 4.78 is 13.4. The van der Waals surface area contributed by atoms with Crippen molar-refractivity contribution in [3.05, 3.63) is 29.6 Å². The molecule has 2 atom stereocenters. The Morgan fingerprint density at radius 3 is 2.50 bits per heavy atom. The van der Waals surface area contributed by atoms with Gasteiger partial charge in [0.2, 0.25) is 5.91 Å². The van der Waals surface area contributed by atoms with E-state index in [9.17, 15) is 19.1 Å². The van der Waals surface area contributed by atoms with Crippen LogP contribution in [0.25, 0.3) is 0 Å². The van der Waals surface area contributed by atoms with Crippen molar-refractivity contribution in [3.63, 3.8) is 0 Å². The summed E-state index contributed by atoms with van der Waals surface area (Å²) in [5.74, 6) is -3.30. The summed E-state index contributed by atoms with van der Waals surface area (Å²) in [4.78, 5) is 23.2. The molecule has 0 radical (unpaired) electrons. The van der Waals surface area contributed by atoms with E-state index < -0.39 is 23.6 Å². The van der Waals surface area contributed by atoms with Crippen molar-refractivity contribution in [2.24, 2.45) is 11.8 Å². The first kappa shape index (κ1) is 14.5. The van der Waals surface area contributed by atoms with Crippen LogP contribution in [-0.4, -0.2) is 11.9 Å². The van der Waals surface area contributed by atoms with Gasteiger partial charge >= 0.3 is 0 Å². The molecule has 0 bridgehead atoms. The van der Waals surface area contributed by atoms with Crippen LogP contribution in [-0.2, 0) is 9.59 Å². The first-order chi connectivity index (χ1) is 9.49. The molecule has 4 nitrogen and oxygen atoms in total. The maximum Gasteiger partial charge on any atom is 0.228 e. The fourth-order valence-corrected chi connectivity index (χ4v) is 2.63. The van der Waals surface area contributed by atoms with Crippen LogP contribution in [0, 0.1) is 24.6 Å². The molecule has 1 fully saturated rings. The maximum absolute atomic E-state index is 13.4. The average Bonchev–Trinajstić information content (AvgIpc) is 2.43. The molecule has 5 heteroatoms. The number of aliphatic carboxylic acids is 1. The number of anilines is 1. The van der Waals surface area contributed by atoms with E-state index in [4.69, 9.17) is 0 Å². The highest BCUT2D eigenvalue weighted by Crippen LogP contribution is 2.30. The lowest BCUT2D eigenvalue weighted by Gasteiger charge is -2.31. The quantitative estimate of drug-likeness (QED) is 0.913. The second kappa shape index (κ2) is 6.03. The summed E-state index contributed by atoms with van der Waals surface area (Å²) in [6.45, 7) is 1.63. The lowest BCUT2D eigenvalue weighted by atomic mass is 9.78. The third-order valence-electron chi connectivity index (χ3n) is 3.84. The number of hydrogen-bond acceptors (Lipinski definition) is 3. The first-order valence-electron chi connectivity index (χ1n) is 6.77. The first-order valence-corrected chi connectivity index (χ1v) is 6.77. The second-order valence-electron chi connectivity index (χ2n) is 5.27. The SMILES string of the molecule is Cc1ccc(NC(=O)[C@H]2CCCC[C@@H]2C(=O)[O-])cc1F. The minimum Gasteiger partial charge on any atom is -0.550 e. The van der Waals surface area contributed by atoms with Crippen LogP contribution in [0.4, 0.5) is 10.1 Å². The fraction of sp³-hybridized carbons (Fsp3) is 0.467. The zero-order valence-electron chi connectivity index (χ0n) is 11.3. The van der Waals surface area contributed by atoms with Crippen molar-refractivity contribution in [3.8, 4) is 0 Å². The molecule has 1 aliphatic carbocycles. The van der Waals surface area contributed by atoms with E-state index in [1.165, 1.54) is 6.07 Å². The molecule has 0 aromatic heterocycles. The number of carbonyl (C=O) groups excluding carboxylic acids is 2. The molecular weight excluding hydrogens is 261 g/mol. The van der Waals surface area contributed by atoms with Crippen molar-refractivity contribution >= 4 is 17.6 Å². The summed E-state index contributed by atoms with van der Waals surface area (Å²) in [6.07, 6.45) is 2.60. The van der Waals surface area contributed by atoms with Crippen LogP contribution < -0.4 is 10.4 Å². The van der Waals surface area contributed by atoms with E-state index in [0.717, 1.165) is 12.8 Å². The molecule has 1 aromatic carbocycles. The fourth-order valence-electron chi connectivity index (χ4n) is 2.63. The van der Waals surface area contributed by atoms with Gasteiger partial charge in [0.15, 0.2) is 0 Å². The van der Waals surface area contributed by atoms with E-state index in [1.54, 1.807) is 19.1 Å². The van der Waals surface area contributed by atoms with Crippen molar-refractivity contribution in [2.45, 2.75) is 32.6 Å². The minimum absolute atomic E-state index is 0.348. The molecule has 1 aromatic rings. The molecule has 1 amide bonds. The highest BCUT2D eigenvalue weighted by molar-refractivity contribution is 5.95. The molecule has 108 valence electrons. The minimum atomic E-state index is -1.18. The van der Waals surface area contributed by atoms with Crippen molar-refractivity contribution in [1.82, 2.24) is 0 Å². The average molecular weight is 278 g/mol. The van der Waals surface area contributed by atoms with Gasteiger partial charge in [-0.25, -0.2) is 4.39 Å². The zero-order valence-corrected chi connectivity index (χ0v) is 11.3. The van der Waals surface area contributed by atoms with Crippen LogP contribution in [0.2, 0.25) is 0 Å². The zero-order chi connectivity index (χ0) is 14.7. The number of hydrogen-bond donors (Lipinski definition) is 1. The Balaban J connectivity index is 2.09. The van der Waals surface area contributed by atoms with Gasteiger partial charge in [-0.05, 0) is 37.5 Å². The number of rotatable bonds is 3. The topological polar surface area (TPSA) is 69.2 Å². The van der Waals surface area contributed by atoms with E-state index in [1.807, 2.05) is 0 Å². The van der Waals surface area contributed by atoms with Gasteiger partial charge in [-0.15, -0.1) is 0 Å². The molecule has 0 saturated heterocycles. The van der Waals surface area contributed by atoms with E-state index in [0.29, 0.717) is 24.1 Å². The van der Waals surface area contributed by atoms with Crippen LogP contribution in [0.3, 0.4) is 0 Å². The van der Waals surface area contributed by atoms with Crippen LogP contribution in [0.1, 0.15) is 31.2 Å². The lowest BCUT2D eigenvalue weighted by Crippen LogP contribution is -2.42. The highest BCUT2D eigenvalue weighted by atomic mass is 19.1. The number of nitrogens with one attached hydrogen (secondary N) is 1. The van der Waals surface area contributed by atoms with Crippen molar-refractivity contribution in [1.29, 1.82) is 0 Å². The summed E-state index contributed by atoms with van der Waals surface area (Å²) in [5.41, 5.74) is 0.842. The summed E-state index contributed by atoms with van der Waals surface area (Å²) in [5, 5.41) is 13.7. The Hall–Kier alpha value is -1.91. The molecule has 0 spiro atoms. The van der Waals surface area contributed by atoms with Gasteiger partial charge < -0.3 is 15.2 Å². The Kier molecular flexibility index (Phi) is 4.37. The third kappa shape index (κ3) is 3.15. The molecule has 1 saturated carbocycles. The van der Waals surface area contributed by atoms with Gasteiger partial charge in [0.1, 0.15) is 5.82 Å². The lowest BCUT2D eigenvalue weighted by molar-refractivity contribution is -0.313. The van der Waals surface area contributed by atoms with Gasteiger partial charge in [0, 0.05) is 23.5 Å². The number of carbonyl (C=O) groups is 2. The van der Waals surface area contributed by atoms with Gasteiger partial charge in [-0.3, -0.25) is 4.79 Å². The van der Waals surface area contributed by atoms with Crippen LogP contribution in [0.15, 0.2) is 18.2 Å². The second-order valence-corrected chi connectivity index (χ2v) is 5.27. The Morgan fingerprint density at radius 1 is 1.25 bits per heavy atom. The largest absolute Gasteiger partial charge is 0.550 e. The molecule has 1 N–H and O–H groups in total. The number of benzene rings is 1. The molecule has 0 unspecified atom stereocenters. The summed E-state index contributed by atoms with van der Waals surface area (Å²) in [7, 11) is 0. The number of amides is 1. The predicted molar refractivity (Wildman–Crippen MR) is 70.2 cm³/mol. The molecule has 1 aliphatic rings. The van der Waals surface area contributed by atoms with Gasteiger partial charge in [0.05, 0.1) is 0 Å². The van der Waals surface area contributed by atoms with Crippen molar-refractivity contribution < 1.29 is 19.1 Å². The normalized spacial score (nSPS) is 22.3. The van der Waals surface area contributed by atoms with Crippen molar-refractivity contribution in [2.75, 3.05) is 5.32 Å². The molecule has 2 rings (SSSR count). The van der Waals surface area contributed by atoms with Gasteiger partial charge in [0.25, 0.3) is 0 Å². The highest BCUT2D eigenvalue weighted by Gasteiger charge is 2.31. The molecular formula is C15H17FNO3-. The Labute approximate surface area is 117 Å². The molecule has 20 heavy (non-hydrogen) atoms. The molecule has 0 heterocycles. The third-order valence-corrected chi connectivity index (χ3v) is 3.84. The van der Waals surface area contributed by atoms with E-state index >= 15 is 0 Å². The Bertz CT molecular complexity index is 530. The number of carboxylic acid groups (broad SMARTS) is 1. The summed E-state index contributed by atoms with van der Waals surface area (Å²) in [6, 6.07) is 4.42. The number of aryl methyl sites for hydroxylation is 1. The van der Waals surface area contributed by atoms with Gasteiger partial charge in [-0.1, -0.05) is 18.9 Å². The van der Waals surface area contributed by atoms with E-state index in [-0.39, 0.29) is 5.91 Å². The Morgan fingerprint density at radius 2 is 1.90 bits per heavy atom. The molecule has 0 aliphatic heterocycles. The number of carboxylic acids is 1. The maximum atomic E-state index is 13.4. The number of halogens is 1. The van der Waals surface area contributed by atoms with Gasteiger partial charge in [-0.2, -0.15) is 0 Å². The van der Waals surface area contributed by atoms with Crippen LogP contribution >= 0.6 is 0 Å². The standard InChI is InChI=1S/C15H18FNO3/c1-9-6-7-10(8-13(9)16)17-14(18)11-4-2-3-5-12(11)15(19)20/h6-8,11-12H,2-5H2,1H3,(H,17,18)(H,19,20)/p-1/t11-,12-/m0/s1. The predicted octanol–water partition coefficient (Wildman–Crippen LogP) is 1.63. The van der Waals surface area contributed by atoms with Crippen LogP contribution in [0.5, 0.6) is 0 Å². The summed E-state index contributed by atoms with van der Waals surface area (Å²) >= 11 is 0. The van der Waals surface area contributed by atoms with E-state index in [2.05, 4.69) is 5.32 Å². The monoisotopic (exact) mass is 278 g/mol. The smallest absolute Gasteiger partial charge is 0.228 e.